The van der Waals surface area contributed by atoms with Gasteiger partial charge in [-0.25, -0.2) is 9.97 Å². The average Bonchev–Trinajstić information content (AvgIpc) is 2.29. The van der Waals surface area contributed by atoms with Crippen LogP contribution in [-0.2, 0) is 0 Å². The lowest BCUT2D eigenvalue weighted by atomic mass is 10.1. The van der Waals surface area contributed by atoms with Crippen molar-refractivity contribution in [2.75, 3.05) is 0 Å². The summed E-state index contributed by atoms with van der Waals surface area (Å²) >= 11 is 3.40. The highest BCUT2D eigenvalue weighted by Gasteiger charge is 2.05. The molecule has 0 radical (unpaired) electrons. The summed E-state index contributed by atoms with van der Waals surface area (Å²) in [5.74, 6) is 0.578. The monoisotopic (exact) mass is 276 g/mol. The van der Waals surface area contributed by atoms with Crippen LogP contribution < -0.4 is 0 Å². The molecule has 2 aromatic rings. The van der Waals surface area contributed by atoms with E-state index < -0.39 is 0 Å². The third-order valence-electron chi connectivity index (χ3n) is 2.23. The molecule has 3 nitrogen and oxygen atoms in total. The molecule has 0 saturated heterocycles. The topological polar surface area (TPSA) is 42.9 Å². The number of aryl methyl sites for hydroxylation is 1. The van der Waals surface area contributed by atoms with Crippen molar-refractivity contribution in [3.05, 3.63) is 46.2 Å². The molecule has 0 fully saturated rings. The molecular formula is C12H9BrN2O. The third kappa shape index (κ3) is 2.17. The Morgan fingerprint density at radius 3 is 2.81 bits per heavy atom. The summed E-state index contributed by atoms with van der Waals surface area (Å²) in [4.78, 5) is 19.0. The smallest absolute Gasteiger partial charge is 0.168 e. The summed E-state index contributed by atoms with van der Waals surface area (Å²) in [7, 11) is 0. The molecule has 0 spiro atoms. The van der Waals surface area contributed by atoms with E-state index in [-0.39, 0.29) is 0 Å². The summed E-state index contributed by atoms with van der Waals surface area (Å²) < 4.78 is 1.01. The number of hydrogen-bond acceptors (Lipinski definition) is 3. The first-order valence-electron chi connectivity index (χ1n) is 4.75. The Balaban J connectivity index is 2.53. The maximum Gasteiger partial charge on any atom is 0.168 e. The molecule has 1 aromatic carbocycles. The summed E-state index contributed by atoms with van der Waals surface area (Å²) in [6, 6.07) is 7.44. The Morgan fingerprint density at radius 1 is 1.31 bits per heavy atom. The van der Waals surface area contributed by atoms with Crippen LogP contribution in [0, 0.1) is 6.92 Å². The molecule has 80 valence electrons. The van der Waals surface area contributed by atoms with Crippen LogP contribution >= 0.6 is 15.9 Å². The van der Waals surface area contributed by atoms with Gasteiger partial charge in [0, 0.05) is 16.2 Å². The quantitative estimate of drug-likeness (QED) is 0.792. The summed E-state index contributed by atoms with van der Waals surface area (Å²) in [5.41, 5.74) is 2.40. The number of rotatable bonds is 2. The van der Waals surface area contributed by atoms with Crippen molar-refractivity contribution in [2.24, 2.45) is 0 Å². The number of aldehydes is 1. The highest BCUT2D eigenvalue weighted by molar-refractivity contribution is 9.10. The maximum absolute atomic E-state index is 10.6. The molecule has 2 rings (SSSR count). The second kappa shape index (κ2) is 4.53. The fourth-order valence-corrected chi connectivity index (χ4v) is 1.92. The lowest BCUT2D eigenvalue weighted by molar-refractivity contribution is 0.111. The summed E-state index contributed by atoms with van der Waals surface area (Å²) in [6.07, 6.45) is 2.31. The number of carbonyl (C=O) groups excluding carboxylic acids is 1. The molecule has 16 heavy (non-hydrogen) atoms. The molecule has 1 heterocycles. The van der Waals surface area contributed by atoms with E-state index in [9.17, 15) is 4.79 Å². The van der Waals surface area contributed by atoms with Crippen LogP contribution in [0.4, 0.5) is 0 Å². The number of carbonyl (C=O) groups is 1. The number of halogens is 1. The van der Waals surface area contributed by atoms with Crippen LogP contribution in [0.3, 0.4) is 0 Å². The molecule has 0 aliphatic rings. The number of benzene rings is 1. The Bertz CT molecular complexity index is 540. The minimum Gasteiger partial charge on any atom is -0.296 e. The SMILES string of the molecule is Cc1cc(Br)ccc1-c1nccc(C=O)n1. The number of aromatic nitrogens is 2. The molecule has 0 aliphatic carbocycles. The van der Waals surface area contributed by atoms with Crippen LogP contribution in [0.1, 0.15) is 16.1 Å². The number of nitrogens with zero attached hydrogens (tertiary/aromatic N) is 2. The largest absolute Gasteiger partial charge is 0.296 e. The van der Waals surface area contributed by atoms with Gasteiger partial charge in [-0.05, 0) is 36.8 Å². The molecule has 1 aromatic heterocycles. The van der Waals surface area contributed by atoms with E-state index in [0.717, 1.165) is 21.9 Å². The minimum atomic E-state index is 0.396. The van der Waals surface area contributed by atoms with E-state index in [1.165, 1.54) is 0 Å². The lowest BCUT2D eigenvalue weighted by Crippen LogP contribution is -1.94. The minimum absolute atomic E-state index is 0.396. The normalized spacial score (nSPS) is 10.1. The third-order valence-corrected chi connectivity index (χ3v) is 2.72. The van der Waals surface area contributed by atoms with Crippen molar-refractivity contribution in [1.82, 2.24) is 9.97 Å². The highest BCUT2D eigenvalue weighted by Crippen LogP contribution is 2.23. The van der Waals surface area contributed by atoms with Gasteiger partial charge in [0.2, 0.25) is 0 Å². The standard InChI is InChI=1S/C12H9BrN2O/c1-8-6-9(13)2-3-11(8)12-14-5-4-10(7-16)15-12/h2-7H,1H3. The maximum atomic E-state index is 10.6. The van der Waals surface area contributed by atoms with Gasteiger partial charge in [0.15, 0.2) is 12.1 Å². The van der Waals surface area contributed by atoms with Gasteiger partial charge < -0.3 is 0 Å². The van der Waals surface area contributed by atoms with Gasteiger partial charge in [-0.2, -0.15) is 0 Å². The Kier molecular flexibility index (Phi) is 3.10. The van der Waals surface area contributed by atoms with Gasteiger partial charge in [-0.3, -0.25) is 4.79 Å². The first-order valence-corrected chi connectivity index (χ1v) is 5.55. The Labute approximate surface area is 102 Å². The van der Waals surface area contributed by atoms with Gasteiger partial charge in [0.1, 0.15) is 5.69 Å². The molecule has 0 amide bonds. The van der Waals surface area contributed by atoms with E-state index in [2.05, 4.69) is 25.9 Å². The zero-order chi connectivity index (χ0) is 11.5. The average molecular weight is 277 g/mol. The van der Waals surface area contributed by atoms with Gasteiger partial charge in [0.05, 0.1) is 0 Å². The van der Waals surface area contributed by atoms with Crippen molar-refractivity contribution in [2.45, 2.75) is 6.92 Å². The molecular weight excluding hydrogens is 268 g/mol. The van der Waals surface area contributed by atoms with Gasteiger partial charge in [0.25, 0.3) is 0 Å². The molecule has 0 unspecified atom stereocenters. The highest BCUT2D eigenvalue weighted by atomic mass is 79.9. The van der Waals surface area contributed by atoms with Gasteiger partial charge >= 0.3 is 0 Å². The van der Waals surface area contributed by atoms with Crippen LogP contribution in [0.2, 0.25) is 0 Å². The zero-order valence-corrected chi connectivity index (χ0v) is 10.2. The van der Waals surface area contributed by atoms with Crippen molar-refractivity contribution < 1.29 is 4.79 Å². The van der Waals surface area contributed by atoms with Crippen molar-refractivity contribution >= 4 is 22.2 Å². The van der Waals surface area contributed by atoms with Crippen molar-refractivity contribution in [1.29, 1.82) is 0 Å². The van der Waals surface area contributed by atoms with Crippen LogP contribution in [0.25, 0.3) is 11.4 Å². The fraction of sp³-hybridized carbons (Fsp3) is 0.0833. The van der Waals surface area contributed by atoms with E-state index in [0.29, 0.717) is 11.5 Å². The van der Waals surface area contributed by atoms with E-state index >= 15 is 0 Å². The lowest BCUT2D eigenvalue weighted by Gasteiger charge is -2.04. The van der Waals surface area contributed by atoms with E-state index in [4.69, 9.17) is 0 Å². The van der Waals surface area contributed by atoms with Gasteiger partial charge in [-0.15, -0.1) is 0 Å². The summed E-state index contributed by atoms with van der Waals surface area (Å²) in [5, 5.41) is 0. The molecule has 0 atom stereocenters. The molecule has 0 bridgehead atoms. The van der Waals surface area contributed by atoms with Crippen molar-refractivity contribution in [3.63, 3.8) is 0 Å². The van der Waals surface area contributed by atoms with Gasteiger partial charge in [-0.1, -0.05) is 15.9 Å². The first kappa shape index (κ1) is 11.0. The first-order chi connectivity index (χ1) is 7.70. The molecule has 4 heteroatoms. The summed E-state index contributed by atoms with van der Waals surface area (Å²) in [6.45, 7) is 1.98. The predicted molar refractivity (Wildman–Crippen MR) is 65.3 cm³/mol. The van der Waals surface area contributed by atoms with Crippen LogP contribution in [0.15, 0.2) is 34.9 Å². The zero-order valence-electron chi connectivity index (χ0n) is 8.64. The second-order valence-electron chi connectivity index (χ2n) is 3.38. The van der Waals surface area contributed by atoms with E-state index in [1.54, 1.807) is 12.3 Å². The van der Waals surface area contributed by atoms with Crippen LogP contribution in [0.5, 0.6) is 0 Å². The number of hydrogen-bond donors (Lipinski definition) is 0. The Hall–Kier alpha value is -1.55. The predicted octanol–water partition coefficient (Wildman–Crippen LogP) is 3.03. The van der Waals surface area contributed by atoms with Crippen LogP contribution in [-0.4, -0.2) is 16.3 Å². The second-order valence-corrected chi connectivity index (χ2v) is 4.30. The molecule has 0 N–H and O–H groups in total. The van der Waals surface area contributed by atoms with Crippen molar-refractivity contribution in [3.8, 4) is 11.4 Å². The fourth-order valence-electron chi connectivity index (χ4n) is 1.45. The van der Waals surface area contributed by atoms with E-state index in [1.807, 2.05) is 25.1 Å². The Morgan fingerprint density at radius 2 is 2.12 bits per heavy atom. The molecule has 0 saturated carbocycles. The molecule has 0 aliphatic heterocycles.